The van der Waals surface area contributed by atoms with Crippen LogP contribution in [0.25, 0.3) is 22.3 Å². The van der Waals surface area contributed by atoms with Gasteiger partial charge in [0, 0.05) is 11.6 Å². The van der Waals surface area contributed by atoms with Crippen LogP contribution in [0.1, 0.15) is 0 Å². The molecule has 0 saturated heterocycles. The lowest BCUT2D eigenvalue weighted by atomic mass is 10.1. The van der Waals surface area contributed by atoms with Crippen LogP contribution in [0.3, 0.4) is 0 Å². The van der Waals surface area contributed by atoms with Crippen molar-refractivity contribution in [3.8, 4) is 17.1 Å². The highest BCUT2D eigenvalue weighted by molar-refractivity contribution is 5.89. The molecule has 0 atom stereocenters. The maximum Gasteiger partial charge on any atom is 0.353 e. The van der Waals surface area contributed by atoms with Crippen LogP contribution in [0.5, 0.6) is 5.75 Å². The number of nitro benzene ring substituents is 1. The molecule has 21 heavy (non-hydrogen) atoms. The molecule has 0 bridgehead atoms. The van der Waals surface area contributed by atoms with E-state index in [1.165, 1.54) is 12.1 Å². The third-order valence-electron chi connectivity index (χ3n) is 3.09. The first-order valence-electron chi connectivity index (χ1n) is 6.07. The Labute approximate surface area is 118 Å². The summed E-state index contributed by atoms with van der Waals surface area (Å²) in [5, 5.41) is 20.8. The second kappa shape index (κ2) is 4.75. The van der Waals surface area contributed by atoms with Crippen LogP contribution in [-0.4, -0.2) is 10.0 Å². The summed E-state index contributed by atoms with van der Waals surface area (Å²) in [6.45, 7) is 0. The third-order valence-corrected chi connectivity index (χ3v) is 3.09. The maximum absolute atomic E-state index is 12.1. The summed E-state index contributed by atoms with van der Waals surface area (Å²) in [6, 6.07) is 12.5. The van der Waals surface area contributed by atoms with E-state index < -0.39 is 21.8 Å². The zero-order chi connectivity index (χ0) is 15.0. The van der Waals surface area contributed by atoms with Gasteiger partial charge in [0.1, 0.15) is 5.76 Å². The molecule has 0 fully saturated rings. The summed E-state index contributed by atoms with van der Waals surface area (Å²) >= 11 is 0. The van der Waals surface area contributed by atoms with Gasteiger partial charge in [0.25, 0.3) is 0 Å². The van der Waals surface area contributed by atoms with E-state index in [0.29, 0.717) is 5.56 Å². The Bertz CT molecular complexity index is 899. The standard InChI is InChI=1S/C15H9NO5/c17-11-7-6-10-12(18)8-13(9-4-2-1-3-5-9)21-15(10)14(11)16(19)20/h1-8,17H. The van der Waals surface area contributed by atoms with Gasteiger partial charge in [-0.25, -0.2) is 0 Å². The molecule has 0 aliphatic rings. The van der Waals surface area contributed by atoms with E-state index in [-0.39, 0.29) is 16.7 Å². The van der Waals surface area contributed by atoms with Gasteiger partial charge in [0.2, 0.25) is 5.58 Å². The van der Waals surface area contributed by atoms with Crippen LogP contribution >= 0.6 is 0 Å². The summed E-state index contributed by atoms with van der Waals surface area (Å²) < 4.78 is 5.50. The van der Waals surface area contributed by atoms with Gasteiger partial charge in [-0.15, -0.1) is 0 Å². The lowest BCUT2D eigenvalue weighted by Gasteiger charge is -2.04. The van der Waals surface area contributed by atoms with Crippen LogP contribution < -0.4 is 5.43 Å². The van der Waals surface area contributed by atoms with Crippen molar-refractivity contribution in [2.75, 3.05) is 0 Å². The zero-order valence-corrected chi connectivity index (χ0v) is 10.6. The molecule has 0 aliphatic heterocycles. The Balaban J connectivity index is 2.40. The Morgan fingerprint density at radius 1 is 1.10 bits per heavy atom. The van der Waals surface area contributed by atoms with Crippen LogP contribution in [0, 0.1) is 10.1 Å². The molecule has 0 spiro atoms. The molecule has 0 unspecified atom stereocenters. The summed E-state index contributed by atoms with van der Waals surface area (Å²) in [6.07, 6.45) is 0. The van der Waals surface area contributed by atoms with E-state index in [1.807, 2.05) is 0 Å². The number of rotatable bonds is 2. The van der Waals surface area contributed by atoms with Gasteiger partial charge in [-0.3, -0.25) is 14.9 Å². The van der Waals surface area contributed by atoms with Gasteiger partial charge >= 0.3 is 5.69 Å². The molecular weight excluding hydrogens is 274 g/mol. The van der Waals surface area contributed by atoms with Crippen molar-refractivity contribution in [2.45, 2.75) is 0 Å². The van der Waals surface area contributed by atoms with E-state index in [9.17, 15) is 20.0 Å². The molecule has 0 aliphatic carbocycles. The number of nitro groups is 1. The second-order valence-electron chi connectivity index (χ2n) is 4.41. The second-order valence-corrected chi connectivity index (χ2v) is 4.41. The summed E-state index contributed by atoms with van der Waals surface area (Å²) in [4.78, 5) is 22.4. The molecule has 0 radical (unpaired) electrons. The Morgan fingerprint density at radius 2 is 1.81 bits per heavy atom. The van der Waals surface area contributed by atoms with Crippen LogP contribution in [0.4, 0.5) is 5.69 Å². The minimum Gasteiger partial charge on any atom is -0.502 e. The average Bonchev–Trinajstić information content (AvgIpc) is 2.47. The largest absolute Gasteiger partial charge is 0.502 e. The van der Waals surface area contributed by atoms with E-state index >= 15 is 0 Å². The van der Waals surface area contributed by atoms with E-state index in [0.717, 1.165) is 6.07 Å². The topological polar surface area (TPSA) is 93.6 Å². The Morgan fingerprint density at radius 3 is 2.48 bits per heavy atom. The molecule has 6 heteroatoms. The predicted molar refractivity (Wildman–Crippen MR) is 76.2 cm³/mol. The van der Waals surface area contributed by atoms with Crippen molar-refractivity contribution in [3.05, 3.63) is 68.9 Å². The molecule has 1 N–H and O–H groups in total. The number of nitrogens with zero attached hydrogens (tertiary/aromatic N) is 1. The van der Waals surface area contributed by atoms with Crippen molar-refractivity contribution in [1.82, 2.24) is 0 Å². The van der Waals surface area contributed by atoms with Crippen molar-refractivity contribution in [1.29, 1.82) is 0 Å². The van der Waals surface area contributed by atoms with Crippen molar-refractivity contribution in [3.63, 3.8) is 0 Å². The molecule has 2 aromatic carbocycles. The van der Waals surface area contributed by atoms with Crippen molar-refractivity contribution in [2.24, 2.45) is 0 Å². The molecule has 104 valence electrons. The predicted octanol–water partition coefficient (Wildman–Crippen LogP) is 3.07. The SMILES string of the molecule is O=c1cc(-c2ccccc2)oc2c([N+](=O)[O-])c(O)ccc12. The van der Waals surface area contributed by atoms with Crippen LogP contribution in [0.15, 0.2) is 57.7 Å². The number of phenolic OH excluding ortho intramolecular Hbond substituents is 1. The Kier molecular flexibility index (Phi) is 2.91. The van der Waals surface area contributed by atoms with E-state index in [2.05, 4.69) is 0 Å². The highest BCUT2D eigenvalue weighted by atomic mass is 16.6. The smallest absolute Gasteiger partial charge is 0.353 e. The lowest BCUT2D eigenvalue weighted by Crippen LogP contribution is -2.02. The van der Waals surface area contributed by atoms with E-state index in [4.69, 9.17) is 4.42 Å². The lowest BCUT2D eigenvalue weighted by molar-refractivity contribution is -0.384. The van der Waals surface area contributed by atoms with Crippen molar-refractivity contribution < 1.29 is 14.4 Å². The molecule has 1 aromatic heterocycles. The average molecular weight is 283 g/mol. The van der Waals surface area contributed by atoms with Gasteiger partial charge in [0.05, 0.1) is 10.3 Å². The fourth-order valence-corrected chi connectivity index (χ4v) is 2.12. The molecule has 6 nitrogen and oxygen atoms in total. The third kappa shape index (κ3) is 2.12. The van der Waals surface area contributed by atoms with Crippen molar-refractivity contribution >= 4 is 16.7 Å². The molecule has 3 aromatic rings. The minimum atomic E-state index is -0.768. The summed E-state index contributed by atoms with van der Waals surface area (Å²) in [5.41, 5.74) is -0.624. The van der Waals surface area contributed by atoms with E-state index in [1.54, 1.807) is 30.3 Å². The van der Waals surface area contributed by atoms with Gasteiger partial charge in [-0.1, -0.05) is 30.3 Å². The molecular formula is C15H9NO5. The molecule has 1 heterocycles. The summed E-state index contributed by atoms with van der Waals surface area (Å²) in [5.74, 6) is -0.331. The monoisotopic (exact) mass is 283 g/mol. The Hall–Kier alpha value is -3.15. The molecule has 0 saturated carbocycles. The number of phenols is 1. The van der Waals surface area contributed by atoms with Crippen LogP contribution in [-0.2, 0) is 0 Å². The number of hydrogen-bond acceptors (Lipinski definition) is 5. The highest BCUT2D eigenvalue weighted by Crippen LogP contribution is 2.34. The number of hydrogen-bond donors (Lipinski definition) is 1. The quantitative estimate of drug-likeness (QED) is 0.576. The maximum atomic E-state index is 12.1. The summed E-state index contributed by atoms with van der Waals surface area (Å²) in [7, 11) is 0. The zero-order valence-electron chi connectivity index (χ0n) is 10.6. The van der Waals surface area contributed by atoms with Gasteiger partial charge in [-0.05, 0) is 12.1 Å². The highest BCUT2D eigenvalue weighted by Gasteiger charge is 2.22. The molecule has 3 rings (SSSR count). The number of aromatic hydroxyl groups is 1. The first-order chi connectivity index (χ1) is 10.1. The first kappa shape index (κ1) is 12.9. The van der Waals surface area contributed by atoms with Gasteiger partial charge < -0.3 is 9.52 Å². The number of benzene rings is 2. The first-order valence-corrected chi connectivity index (χ1v) is 6.07. The van der Waals surface area contributed by atoms with Gasteiger partial charge in [-0.2, -0.15) is 0 Å². The normalized spacial score (nSPS) is 10.7. The number of fused-ring (bicyclic) bond motifs is 1. The van der Waals surface area contributed by atoms with Gasteiger partial charge in [0.15, 0.2) is 11.2 Å². The van der Waals surface area contributed by atoms with Crippen LogP contribution in [0.2, 0.25) is 0 Å². The fraction of sp³-hybridized carbons (Fsp3) is 0. The minimum absolute atomic E-state index is 0.0548. The fourth-order valence-electron chi connectivity index (χ4n) is 2.12. The molecule has 0 amide bonds.